The van der Waals surface area contributed by atoms with Gasteiger partial charge in [0.1, 0.15) is 17.6 Å². The number of carbonyl (C=O) groups excluding carboxylic acids is 1. The Morgan fingerprint density at radius 2 is 2.00 bits per heavy atom. The molecule has 0 spiro atoms. The van der Waals surface area contributed by atoms with Gasteiger partial charge in [0, 0.05) is 16.8 Å². The van der Waals surface area contributed by atoms with E-state index in [4.69, 9.17) is 27.3 Å². The summed E-state index contributed by atoms with van der Waals surface area (Å²) >= 11 is 5.89. The molecular weight excluding hydrogens is 276 g/mol. The second-order valence-electron chi connectivity index (χ2n) is 4.17. The first-order valence-corrected chi connectivity index (χ1v) is 6.17. The first-order valence-electron chi connectivity index (χ1n) is 5.79. The van der Waals surface area contributed by atoms with Gasteiger partial charge in [-0.05, 0) is 37.3 Å². The molecule has 100 valence electrons. The van der Waals surface area contributed by atoms with Crippen molar-refractivity contribution in [3.8, 4) is 17.6 Å². The summed E-state index contributed by atoms with van der Waals surface area (Å²) in [6.07, 6.45) is 0. The van der Waals surface area contributed by atoms with Crippen molar-refractivity contribution in [1.82, 2.24) is 0 Å². The van der Waals surface area contributed by atoms with Crippen LogP contribution in [0.4, 0.5) is 5.69 Å². The quantitative estimate of drug-likeness (QED) is 0.688. The number of halogens is 1. The number of nitrogen functional groups attached to an aromatic ring is 1. The van der Waals surface area contributed by atoms with Crippen LogP contribution < -0.4 is 10.5 Å². The van der Waals surface area contributed by atoms with E-state index in [2.05, 4.69) is 0 Å². The Morgan fingerprint density at radius 1 is 1.25 bits per heavy atom. The minimum absolute atomic E-state index is 0.173. The summed E-state index contributed by atoms with van der Waals surface area (Å²) in [5.41, 5.74) is 6.81. The van der Waals surface area contributed by atoms with Gasteiger partial charge in [-0.1, -0.05) is 11.6 Å². The fraction of sp³-hybridized carbons (Fsp3) is 0.0667. The second kappa shape index (κ2) is 5.64. The summed E-state index contributed by atoms with van der Waals surface area (Å²) in [5.74, 6) is 0.463. The highest BCUT2D eigenvalue weighted by molar-refractivity contribution is 6.30. The third-order valence-electron chi connectivity index (χ3n) is 2.67. The fourth-order valence-electron chi connectivity index (χ4n) is 1.70. The Kier molecular flexibility index (Phi) is 3.92. The van der Waals surface area contributed by atoms with E-state index in [-0.39, 0.29) is 5.78 Å². The number of rotatable bonds is 3. The second-order valence-corrected chi connectivity index (χ2v) is 4.60. The molecule has 0 atom stereocenters. The average molecular weight is 287 g/mol. The van der Waals surface area contributed by atoms with Crippen molar-refractivity contribution in [2.24, 2.45) is 0 Å². The zero-order chi connectivity index (χ0) is 14.7. The molecule has 0 bridgehead atoms. The summed E-state index contributed by atoms with van der Waals surface area (Å²) in [5, 5.41) is 9.49. The van der Waals surface area contributed by atoms with Crippen molar-refractivity contribution < 1.29 is 9.53 Å². The number of hydrogen-bond acceptors (Lipinski definition) is 4. The third-order valence-corrected chi connectivity index (χ3v) is 2.90. The van der Waals surface area contributed by atoms with Crippen LogP contribution in [0, 0.1) is 11.3 Å². The van der Waals surface area contributed by atoms with E-state index in [1.165, 1.54) is 19.1 Å². The molecule has 0 amide bonds. The number of Topliss-reactive ketones (excluding diaryl/α,β-unsaturated/α-hetero) is 1. The van der Waals surface area contributed by atoms with E-state index in [0.717, 1.165) is 0 Å². The monoisotopic (exact) mass is 286 g/mol. The first kappa shape index (κ1) is 13.9. The SMILES string of the molecule is CC(=O)c1cc(N)ccc1Oc1cc(Cl)ccc1C#N. The number of benzene rings is 2. The van der Waals surface area contributed by atoms with Gasteiger partial charge in [0.25, 0.3) is 0 Å². The van der Waals surface area contributed by atoms with Gasteiger partial charge in [0.2, 0.25) is 0 Å². The molecule has 20 heavy (non-hydrogen) atoms. The van der Waals surface area contributed by atoms with Crippen LogP contribution in [0.5, 0.6) is 11.5 Å². The molecule has 0 saturated carbocycles. The van der Waals surface area contributed by atoms with Crippen LogP contribution in [-0.2, 0) is 0 Å². The van der Waals surface area contributed by atoms with E-state index in [1.807, 2.05) is 6.07 Å². The lowest BCUT2D eigenvalue weighted by Gasteiger charge is -2.11. The van der Waals surface area contributed by atoms with Gasteiger partial charge in [0.15, 0.2) is 5.78 Å². The van der Waals surface area contributed by atoms with Crippen LogP contribution in [0.3, 0.4) is 0 Å². The van der Waals surface area contributed by atoms with Gasteiger partial charge < -0.3 is 10.5 Å². The summed E-state index contributed by atoms with van der Waals surface area (Å²) in [6, 6.07) is 11.4. The third kappa shape index (κ3) is 2.90. The zero-order valence-corrected chi connectivity index (χ0v) is 11.4. The van der Waals surface area contributed by atoms with Gasteiger partial charge in [0.05, 0.1) is 11.1 Å². The van der Waals surface area contributed by atoms with Gasteiger partial charge in [-0.3, -0.25) is 4.79 Å². The number of nitrogens with two attached hydrogens (primary N) is 1. The average Bonchev–Trinajstić information content (AvgIpc) is 2.41. The standard InChI is InChI=1S/C15H11ClN2O2/c1-9(19)13-7-12(18)4-5-14(13)20-15-6-11(16)3-2-10(15)8-17/h2-7H,18H2,1H3. The molecule has 2 N–H and O–H groups in total. The highest BCUT2D eigenvalue weighted by Gasteiger charge is 2.12. The Bertz CT molecular complexity index is 720. The molecule has 0 aromatic heterocycles. The summed E-state index contributed by atoms with van der Waals surface area (Å²) < 4.78 is 5.65. The first-order chi connectivity index (χ1) is 9.51. The van der Waals surface area contributed by atoms with Gasteiger partial charge >= 0.3 is 0 Å². The minimum Gasteiger partial charge on any atom is -0.455 e. The van der Waals surface area contributed by atoms with Gasteiger partial charge in [-0.2, -0.15) is 5.26 Å². The minimum atomic E-state index is -0.173. The lowest BCUT2D eigenvalue weighted by atomic mass is 10.1. The van der Waals surface area contributed by atoms with Crippen LogP contribution in [0.1, 0.15) is 22.8 Å². The predicted molar refractivity (Wildman–Crippen MR) is 77.1 cm³/mol. The summed E-state index contributed by atoms with van der Waals surface area (Å²) in [7, 11) is 0. The number of ketones is 1. The number of anilines is 1. The van der Waals surface area contributed by atoms with Crippen molar-refractivity contribution in [2.75, 3.05) is 5.73 Å². The van der Waals surface area contributed by atoms with Crippen molar-refractivity contribution in [2.45, 2.75) is 6.92 Å². The fourth-order valence-corrected chi connectivity index (χ4v) is 1.87. The number of ether oxygens (including phenoxy) is 1. The molecule has 0 aliphatic heterocycles. The lowest BCUT2D eigenvalue weighted by molar-refractivity contribution is 0.101. The molecule has 2 aromatic rings. The molecule has 2 aromatic carbocycles. The van der Waals surface area contributed by atoms with Crippen molar-refractivity contribution >= 4 is 23.1 Å². The van der Waals surface area contributed by atoms with E-state index in [0.29, 0.717) is 33.3 Å². The lowest BCUT2D eigenvalue weighted by Crippen LogP contribution is -1.99. The van der Waals surface area contributed by atoms with Gasteiger partial charge in [-0.15, -0.1) is 0 Å². The van der Waals surface area contributed by atoms with E-state index in [1.54, 1.807) is 24.3 Å². The number of carbonyl (C=O) groups is 1. The maximum atomic E-state index is 11.6. The number of hydrogen-bond donors (Lipinski definition) is 1. The Morgan fingerprint density at radius 3 is 2.65 bits per heavy atom. The Labute approximate surface area is 121 Å². The molecule has 0 saturated heterocycles. The molecule has 4 nitrogen and oxygen atoms in total. The predicted octanol–water partition coefficient (Wildman–Crippen LogP) is 3.79. The Hall–Kier alpha value is -2.51. The highest BCUT2D eigenvalue weighted by Crippen LogP contribution is 2.31. The van der Waals surface area contributed by atoms with Crippen LogP contribution in [-0.4, -0.2) is 5.78 Å². The zero-order valence-electron chi connectivity index (χ0n) is 10.7. The summed E-state index contributed by atoms with van der Waals surface area (Å²) in [4.78, 5) is 11.6. The largest absolute Gasteiger partial charge is 0.455 e. The molecule has 0 fully saturated rings. The van der Waals surface area contributed by atoms with Gasteiger partial charge in [-0.25, -0.2) is 0 Å². The summed E-state index contributed by atoms with van der Waals surface area (Å²) in [6.45, 7) is 1.42. The molecule has 2 rings (SSSR count). The molecule has 0 aliphatic carbocycles. The molecule has 5 heteroatoms. The number of nitrogens with zero attached hydrogens (tertiary/aromatic N) is 1. The smallest absolute Gasteiger partial charge is 0.163 e. The molecular formula is C15H11ClN2O2. The molecule has 0 unspecified atom stereocenters. The maximum absolute atomic E-state index is 11.6. The maximum Gasteiger partial charge on any atom is 0.163 e. The van der Waals surface area contributed by atoms with Crippen LogP contribution in [0.15, 0.2) is 36.4 Å². The highest BCUT2D eigenvalue weighted by atomic mass is 35.5. The van der Waals surface area contributed by atoms with Crippen molar-refractivity contribution in [3.63, 3.8) is 0 Å². The number of nitriles is 1. The Balaban J connectivity index is 2.48. The normalized spacial score (nSPS) is 9.85. The van der Waals surface area contributed by atoms with E-state index >= 15 is 0 Å². The van der Waals surface area contributed by atoms with Crippen LogP contribution in [0.2, 0.25) is 5.02 Å². The van der Waals surface area contributed by atoms with Crippen molar-refractivity contribution in [1.29, 1.82) is 5.26 Å². The van der Waals surface area contributed by atoms with Crippen LogP contribution in [0.25, 0.3) is 0 Å². The van der Waals surface area contributed by atoms with E-state index < -0.39 is 0 Å². The molecule has 0 aliphatic rings. The van der Waals surface area contributed by atoms with Crippen LogP contribution >= 0.6 is 11.6 Å². The van der Waals surface area contributed by atoms with E-state index in [9.17, 15) is 4.79 Å². The topological polar surface area (TPSA) is 76.1 Å². The molecule has 0 heterocycles. The van der Waals surface area contributed by atoms with Crippen molar-refractivity contribution in [3.05, 3.63) is 52.5 Å². The molecule has 0 radical (unpaired) electrons.